The summed E-state index contributed by atoms with van der Waals surface area (Å²) in [6.45, 7) is 4.75. The van der Waals surface area contributed by atoms with E-state index < -0.39 is 0 Å². The van der Waals surface area contributed by atoms with Crippen LogP contribution in [-0.2, 0) is 5.41 Å². The van der Waals surface area contributed by atoms with Crippen LogP contribution in [0.25, 0.3) is 136 Å². The van der Waals surface area contributed by atoms with Crippen LogP contribution in [0.3, 0.4) is 0 Å². The Kier molecular flexibility index (Phi) is 10.8. The van der Waals surface area contributed by atoms with Gasteiger partial charge in [0.25, 0.3) is 0 Å². The molecule has 0 spiro atoms. The highest BCUT2D eigenvalue weighted by atomic mass is 32.1. The molecule has 0 bridgehead atoms. The fraction of sp³-hybridized carbons (Fsp3) is 0.0380. The molecule has 5 heteroatoms. The van der Waals surface area contributed by atoms with Crippen molar-refractivity contribution in [3.63, 3.8) is 0 Å². The molecule has 0 atom stereocenters. The van der Waals surface area contributed by atoms with E-state index >= 15 is 0 Å². The van der Waals surface area contributed by atoms with Gasteiger partial charge in [-0.3, -0.25) is 0 Å². The van der Waals surface area contributed by atoms with Gasteiger partial charge in [0.2, 0.25) is 0 Å². The summed E-state index contributed by atoms with van der Waals surface area (Å²) in [6.07, 6.45) is 0. The average molecular weight is 1090 g/mol. The number of nitrogens with zero attached hydrogens (tertiary/aromatic N) is 4. The largest absolute Gasteiger partial charge is 0.309 e. The third-order valence-corrected chi connectivity index (χ3v) is 19.0. The number of aromatic nitrogens is 3. The van der Waals surface area contributed by atoms with Crippen molar-refractivity contribution < 1.29 is 0 Å². The first kappa shape index (κ1) is 48.3. The lowest BCUT2D eigenvalue weighted by Gasteiger charge is -2.28. The topological polar surface area (TPSA) is 34.0 Å². The summed E-state index contributed by atoms with van der Waals surface area (Å²) in [7, 11) is 0. The van der Waals surface area contributed by atoms with Gasteiger partial charge in [-0.15, -0.1) is 11.3 Å². The van der Waals surface area contributed by atoms with Crippen LogP contribution in [0.5, 0.6) is 0 Å². The number of benzene rings is 13. The van der Waals surface area contributed by atoms with Gasteiger partial charge in [0.1, 0.15) is 0 Å². The Labute approximate surface area is 490 Å². The molecular weight excluding hydrogens is 1040 g/mol. The Morgan fingerprint density at radius 2 is 0.845 bits per heavy atom. The summed E-state index contributed by atoms with van der Waals surface area (Å²) in [4.78, 5) is 13.0. The second-order valence-corrected chi connectivity index (χ2v) is 23.8. The third kappa shape index (κ3) is 7.32. The van der Waals surface area contributed by atoms with E-state index in [9.17, 15) is 0 Å². The molecule has 394 valence electrons. The first-order chi connectivity index (χ1) is 41.4. The maximum Gasteiger partial charge on any atom is 0.160 e. The first-order valence-corrected chi connectivity index (χ1v) is 29.7. The summed E-state index contributed by atoms with van der Waals surface area (Å²) in [5.74, 6) is 0.683. The zero-order valence-corrected chi connectivity index (χ0v) is 47.1. The zero-order chi connectivity index (χ0) is 55.6. The smallest absolute Gasteiger partial charge is 0.160 e. The van der Waals surface area contributed by atoms with E-state index in [1.165, 1.54) is 108 Å². The van der Waals surface area contributed by atoms with Crippen LogP contribution in [-0.4, -0.2) is 14.5 Å². The second-order valence-electron chi connectivity index (χ2n) is 22.8. The fourth-order valence-electron chi connectivity index (χ4n) is 13.9. The summed E-state index contributed by atoms with van der Waals surface area (Å²) in [5.41, 5.74) is 19.2. The van der Waals surface area contributed by atoms with Gasteiger partial charge in [0, 0.05) is 81.6 Å². The molecule has 3 aromatic heterocycles. The highest BCUT2D eigenvalue weighted by Gasteiger charge is 2.36. The lowest BCUT2D eigenvalue weighted by Crippen LogP contribution is -2.16. The van der Waals surface area contributed by atoms with E-state index in [0.717, 1.165) is 50.8 Å². The van der Waals surface area contributed by atoms with Crippen LogP contribution in [0.2, 0.25) is 0 Å². The number of hydrogen-bond acceptors (Lipinski definition) is 4. The molecule has 0 N–H and O–H groups in total. The van der Waals surface area contributed by atoms with Crippen molar-refractivity contribution in [2.75, 3.05) is 4.90 Å². The van der Waals surface area contributed by atoms with Gasteiger partial charge in [-0.2, -0.15) is 0 Å². The lowest BCUT2D eigenvalue weighted by molar-refractivity contribution is 0.660. The summed E-state index contributed by atoms with van der Waals surface area (Å²) < 4.78 is 5.09. The van der Waals surface area contributed by atoms with Crippen molar-refractivity contribution >= 4 is 103 Å². The van der Waals surface area contributed by atoms with Crippen LogP contribution in [0.15, 0.2) is 279 Å². The molecule has 17 rings (SSSR count). The normalized spacial score (nSPS) is 12.7. The van der Waals surface area contributed by atoms with E-state index in [2.05, 4.69) is 290 Å². The molecule has 1 aliphatic carbocycles. The maximum absolute atomic E-state index is 5.25. The Bertz CT molecular complexity index is 5260. The van der Waals surface area contributed by atoms with E-state index in [-0.39, 0.29) is 5.41 Å². The molecule has 0 fully saturated rings. The van der Waals surface area contributed by atoms with Crippen molar-refractivity contribution in [3.8, 4) is 61.8 Å². The summed E-state index contributed by atoms with van der Waals surface area (Å²) in [6, 6.07) is 102. The van der Waals surface area contributed by atoms with Crippen LogP contribution >= 0.6 is 11.3 Å². The molecule has 0 saturated heterocycles. The quantitative estimate of drug-likeness (QED) is 0.142. The molecule has 4 nitrogen and oxygen atoms in total. The van der Waals surface area contributed by atoms with Gasteiger partial charge < -0.3 is 9.47 Å². The SMILES string of the molecule is CC1(C)c2ccccc2-c2ccc(N(c3ccc(-c4ccccc4)cc3)c3cccc4c3sc3c5ccccc5c5c(c43)c3c4ccccc4c4ccccc4c3n5-c3ccc(-c4nc(-c5ccccc5)cc(-c5ccccc5)n4)cc3)cc21. The zero-order valence-electron chi connectivity index (χ0n) is 46.3. The molecule has 1 aliphatic rings. The minimum atomic E-state index is -0.173. The van der Waals surface area contributed by atoms with E-state index in [0.29, 0.717) is 5.82 Å². The van der Waals surface area contributed by atoms with Crippen molar-refractivity contribution in [1.29, 1.82) is 0 Å². The van der Waals surface area contributed by atoms with Crippen LogP contribution in [0, 0.1) is 0 Å². The van der Waals surface area contributed by atoms with Gasteiger partial charge in [-0.1, -0.05) is 232 Å². The van der Waals surface area contributed by atoms with Gasteiger partial charge in [-0.05, 0) is 110 Å². The predicted octanol–water partition coefficient (Wildman–Crippen LogP) is 21.8. The molecule has 0 saturated carbocycles. The highest BCUT2D eigenvalue weighted by Crippen LogP contribution is 2.55. The number of fused-ring (bicyclic) bond motifs is 18. The molecule has 3 heterocycles. The van der Waals surface area contributed by atoms with Crippen molar-refractivity contribution in [2.45, 2.75) is 19.3 Å². The van der Waals surface area contributed by atoms with Crippen molar-refractivity contribution in [1.82, 2.24) is 14.5 Å². The minimum Gasteiger partial charge on any atom is -0.309 e. The lowest BCUT2D eigenvalue weighted by atomic mass is 9.82. The van der Waals surface area contributed by atoms with Gasteiger partial charge in [0.05, 0.1) is 32.8 Å². The number of rotatable bonds is 8. The van der Waals surface area contributed by atoms with E-state index in [1.807, 2.05) is 23.5 Å². The van der Waals surface area contributed by atoms with E-state index in [1.54, 1.807) is 0 Å². The molecule has 84 heavy (non-hydrogen) atoms. The van der Waals surface area contributed by atoms with Gasteiger partial charge >= 0.3 is 0 Å². The number of hydrogen-bond donors (Lipinski definition) is 0. The molecule has 0 unspecified atom stereocenters. The average Bonchev–Trinajstić information content (AvgIpc) is 3.27. The first-order valence-electron chi connectivity index (χ1n) is 28.9. The van der Waals surface area contributed by atoms with Crippen molar-refractivity contribution in [2.24, 2.45) is 0 Å². The molecule has 13 aromatic carbocycles. The standard InChI is InChI=1S/C79H52N4S/c1-79(2)66-35-19-18-29-59(66)60-46-45-56(47-67(60)79)82(54-41-37-50(38-42-54)49-21-6-3-7-22-49)70-36-20-34-65-72-73-71-61-30-14-12-27-57(61)58-28-13-15-31-62(58)74(71)83(75(73)63-32-16-17-33-64(63)77(72)84-76(65)70)55-43-39-53(40-44-55)78-80-68(51-23-8-4-9-24-51)48-69(81-78)52-25-10-5-11-26-52/h3-48H,1-2H3. The van der Waals surface area contributed by atoms with Gasteiger partial charge in [-0.25, -0.2) is 9.97 Å². The molecule has 0 radical (unpaired) electrons. The molecular formula is C79H52N4S. The number of anilines is 3. The maximum atomic E-state index is 5.25. The molecule has 0 aliphatic heterocycles. The van der Waals surface area contributed by atoms with Crippen molar-refractivity contribution in [3.05, 3.63) is 290 Å². The summed E-state index contributed by atoms with van der Waals surface area (Å²) >= 11 is 1.92. The van der Waals surface area contributed by atoms with Gasteiger partial charge in [0.15, 0.2) is 5.82 Å². The fourth-order valence-corrected chi connectivity index (χ4v) is 15.2. The predicted molar refractivity (Wildman–Crippen MR) is 356 cm³/mol. The second kappa shape index (κ2) is 18.8. The number of thiophene rings is 1. The third-order valence-electron chi connectivity index (χ3n) is 17.8. The van der Waals surface area contributed by atoms with Crippen LogP contribution in [0.4, 0.5) is 17.1 Å². The Morgan fingerprint density at radius 3 is 1.52 bits per heavy atom. The monoisotopic (exact) mass is 1090 g/mol. The van der Waals surface area contributed by atoms with Crippen LogP contribution in [0.1, 0.15) is 25.0 Å². The minimum absolute atomic E-state index is 0.173. The highest BCUT2D eigenvalue weighted by molar-refractivity contribution is 7.27. The summed E-state index contributed by atoms with van der Waals surface area (Å²) in [5, 5.41) is 12.4. The molecule has 16 aromatic rings. The molecule has 0 amide bonds. The van der Waals surface area contributed by atoms with Crippen LogP contribution < -0.4 is 4.90 Å². The Hall–Kier alpha value is -10.5. The van der Waals surface area contributed by atoms with E-state index in [4.69, 9.17) is 9.97 Å². The Balaban J connectivity index is 0.936. The Morgan fingerprint density at radius 1 is 0.345 bits per heavy atom.